The van der Waals surface area contributed by atoms with Crippen LogP contribution in [0.5, 0.6) is 0 Å². The first-order chi connectivity index (χ1) is 5.88. The van der Waals surface area contributed by atoms with E-state index in [0.29, 0.717) is 0 Å². The second-order valence-electron chi connectivity index (χ2n) is 2.20. The fourth-order valence-electron chi connectivity index (χ4n) is 0.995. The van der Waals surface area contributed by atoms with Crippen molar-refractivity contribution < 1.29 is 4.79 Å². The van der Waals surface area contributed by atoms with Crippen LogP contribution in [0.25, 0.3) is 10.9 Å². The maximum Gasteiger partial charge on any atom is 0.204 e. The summed E-state index contributed by atoms with van der Waals surface area (Å²) in [7, 11) is 0. The lowest BCUT2D eigenvalue weighted by atomic mass is 10.3. The summed E-state index contributed by atoms with van der Waals surface area (Å²) < 4.78 is 0. The van der Waals surface area contributed by atoms with E-state index < -0.39 is 0 Å². The summed E-state index contributed by atoms with van der Waals surface area (Å²) in [5.74, 6) is 0. The predicted molar refractivity (Wildman–Crippen MR) is 48.6 cm³/mol. The fraction of sp³-hybridized carbons (Fsp3) is 0. The van der Waals surface area contributed by atoms with E-state index in [1.54, 1.807) is 0 Å². The van der Waals surface area contributed by atoms with Gasteiger partial charge in [-0.15, -0.1) is 0 Å². The van der Waals surface area contributed by atoms with E-state index >= 15 is 0 Å². The van der Waals surface area contributed by atoms with Gasteiger partial charge in [0.2, 0.25) is 6.41 Å². The molecule has 3 nitrogen and oxygen atoms in total. The first-order valence-corrected chi connectivity index (χ1v) is 3.56. The van der Waals surface area contributed by atoms with Crippen LogP contribution in [-0.4, -0.2) is 11.4 Å². The third kappa shape index (κ3) is 1.85. The van der Waals surface area contributed by atoms with Crippen molar-refractivity contribution in [3.05, 3.63) is 36.5 Å². The molecule has 2 rings (SSSR count). The molecular weight excluding hydrogens is 152 g/mol. The third-order valence-electron chi connectivity index (χ3n) is 1.46. The molecule has 0 unspecified atom stereocenters. The monoisotopic (exact) mass is 162 g/mol. The zero-order chi connectivity index (χ0) is 8.81. The number of amides is 1. The highest BCUT2D eigenvalue weighted by atomic mass is 16.1. The molecule has 0 aliphatic heterocycles. The lowest BCUT2D eigenvalue weighted by Crippen LogP contribution is -1.82. The van der Waals surface area contributed by atoms with Crippen LogP contribution in [0.2, 0.25) is 0 Å². The molecule has 0 radical (unpaired) electrons. The van der Waals surface area contributed by atoms with Crippen molar-refractivity contribution in [1.82, 2.24) is 4.98 Å². The standard InChI is InChI=1S/C8H7N.CH3NO/c1-2-4-8-7(3-1)5-6-9-8;2-1-3/h1-6,9H;1H,(H2,2,3). The molecule has 3 heteroatoms. The smallest absolute Gasteiger partial charge is 0.204 e. The summed E-state index contributed by atoms with van der Waals surface area (Å²) in [5, 5.41) is 1.28. The molecule has 0 saturated carbocycles. The van der Waals surface area contributed by atoms with E-state index in [1.165, 1.54) is 10.9 Å². The number of carbonyl (C=O) groups excluding carboxylic acids is 1. The minimum Gasteiger partial charge on any atom is -0.372 e. The minimum absolute atomic E-state index is 0.250. The Bertz CT molecular complexity index is 324. The zero-order valence-electron chi connectivity index (χ0n) is 6.53. The Hall–Kier alpha value is -1.77. The Morgan fingerprint density at radius 1 is 1.25 bits per heavy atom. The largest absolute Gasteiger partial charge is 0.372 e. The molecule has 0 aliphatic carbocycles. The Morgan fingerprint density at radius 3 is 2.58 bits per heavy atom. The van der Waals surface area contributed by atoms with Gasteiger partial charge in [0.1, 0.15) is 0 Å². The van der Waals surface area contributed by atoms with E-state index in [9.17, 15) is 0 Å². The van der Waals surface area contributed by atoms with Crippen LogP contribution in [0.1, 0.15) is 0 Å². The number of nitrogens with two attached hydrogens (primary N) is 1. The van der Waals surface area contributed by atoms with Crippen LogP contribution in [-0.2, 0) is 4.79 Å². The first kappa shape index (κ1) is 8.33. The molecule has 2 aromatic rings. The van der Waals surface area contributed by atoms with Crippen LogP contribution in [0.3, 0.4) is 0 Å². The fourth-order valence-corrected chi connectivity index (χ4v) is 0.995. The topological polar surface area (TPSA) is 58.9 Å². The van der Waals surface area contributed by atoms with Crippen molar-refractivity contribution in [3.63, 3.8) is 0 Å². The van der Waals surface area contributed by atoms with Crippen LogP contribution in [0, 0.1) is 0 Å². The summed E-state index contributed by atoms with van der Waals surface area (Å²) in [4.78, 5) is 11.7. The van der Waals surface area contributed by atoms with E-state index in [2.05, 4.69) is 28.9 Å². The van der Waals surface area contributed by atoms with Crippen molar-refractivity contribution in [2.75, 3.05) is 0 Å². The SMILES string of the molecule is NC=O.c1ccc2[nH]ccc2c1. The van der Waals surface area contributed by atoms with Crippen molar-refractivity contribution in [2.45, 2.75) is 0 Å². The maximum absolute atomic E-state index is 8.58. The molecule has 62 valence electrons. The van der Waals surface area contributed by atoms with Gasteiger partial charge in [0, 0.05) is 11.7 Å². The van der Waals surface area contributed by atoms with Gasteiger partial charge in [0.05, 0.1) is 0 Å². The number of carbonyl (C=O) groups is 1. The van der Waals surface area contributed by atoms with Crippen molar-refractivity contribution in [1.29, 1.82) is 0 Å². The van der Waals surface area contributed by atoms with Crippen LogP contribution in [0.15, 0.2) is 36.5 Å². The number of nitrogens with one attached hydrogen (secondary N) is 1. The second kappa shape index (κ2) is 4.18. The first-order valence-electron chi connectivity index (χ1n) is 3.56. The second-order valence-corrected chi connectivity index (χ2v) is 2.20. The molecule has 1 amide bonds. The van der Waals surface area contributed by atoms with Gasteiger partial charge in [-0.3, -0.25) is 4.79 Å². The number of para-hydroxylation sites is 1. The number of aromatic nitrogens is 1. The number of aromatic amines is 1. The molecule has 12 heavy (non-hydrogen) atoms. The maximum atomic E-state index is 8.58. The van der Waals surface area contributed by atoms with Gasteiger partial charge in [-0.25, -0.2) is 0 Å². The Labute approximate surface area is 70.2 Å². The summed E-state index contributed by atoms with van der Waals surface area (Å²) in [5.41, 5.74) is 5.37. The van der Waals surface area contributed by atoms with Crippen LogP contribution >= 0.6 is 0 Å². The number of hydrogen-bond donors (Lipinski definition) is 2. The molecule has 1 heterocycles. The van der Waals surface area contributed by atoms with Crippen LogP contribution in [0.4, 0.5) is 0 Å². The number of hydrogen-bond acceptors (Lipinski definition) is 1. The highest BCUT2D eigenvalue weighted by Gasteiger charge is 1.86. The molecule has 1 aromatic carbocycles. The molecule has 1 aromatic heterocycles. The quantitative estimate of drug-likeness (QED) is 0.563. The molecule has 0 saturated heterocycles. The number of fused-ring (bicyclic) bond motifs is 1. The van der Waals surface area contributed by atoms with Gasteiger partial charge in [0.15, 0.2) is 0 Å². The Morgan fingerprint density at radius 2 is 1.92 bits per heavy atom. The molecular formula is C9H10N2O. The van der Waals surface area contributed by atoms with Crippen molar-refractivity contribution in [2.24, 2.45) is 5.73 Å². The highest BCUT2D eigenvalue weighted by molar-refractivity contribution is 5.78. The number of benzene rings is 1. The normalized spacial score (nSPS) is 8.67. The summed E-state index contributed by atoms with van der Waals surface area (Å²) in [6, 6.07) is 10.3. The number of rotatable bonds is 0. The summed E-state index contributed by atoms with van der Waals surface area (Å²) >= 11 is 0. The number of H-pyrrole nitrogens is 1. The molecule has 0 spiro atoms. The number of primary amides is 1. The average Bonchev–Trinajstić information content (AvgIpc) is 2.52. The molecule has 0 atom stereocenters. The molecule has 0 fully saturated rings. The average molecular weight is 162 g/mol. The minimum atomic E-state index is 0.250. The van der Waals surface area contributed by atoms with Crippen molar-refractivity contribution >= 4 is 17.3 Å². The van der Waals surface area contributed by atoms with Gasteiger partial charge >= 0.3 is 0 Å². The van der Waals surface area contributed by atoms with Gasteiger partial charge in [-0.2, -0.15) is 0 Å². The van der Waals surface area contributed by atoms with E-state index in [1.807, 2.05) is 18.3 Å². The van der Waals surface area contributed by atoms with Gasteiger partial charge in [-0.1, -0.05) is 18.2 Å². The highest BCUT2D eigenvalue weighted by Crippen LogP contribution is 2.09. The predicted octanol–water partition coefficient (Wildman–Crippen LogP) is 1.27. The zero-order valence-corrected chi connectivity index (χ0v) is 6.53. The van der Waals surface area contributed by atoms with Crippen molar-refractivity contribution in [3.8, 4) is 0 Å². The van der Waals surface area contributed by atoms with E-state index in [-0.39, 0.29) is 6.41 Å². The summed E-state index contributed by atoms with van der Waals surface area (Å²) in [6.07, 6.45) is 2.20. The van der Waals surface area contributed by atoms with E-state index in [4.69, 9.17) is 4.79 Å². The molecule has 3 N–H and O–H groups in total. The van der Waals surface area contributed by atoms with Crippen LogP contribution < -0.4 is 5.73 Å². The van der Waals surface area contributed by atoms with Gasteiger partial charge < -0.3 is 10.7 Å². The Balaban J connectivity index is 0.000000213. The molecule has 0 bridgehead atoms. The Kier molecular flexibility index (Phi) is 2.90. The third-order valence-corrected chi connectivity index (χ3v) is 1.46. The van der Waals surface area contributed by atoms with Gasteiger partial charge in [-0.05, 0) is 17.5 Å². The molecule has 0 aliphatic rings. The van der Waals surface area contributed by atoms with Gasteiger partial charge in [0.25, 0.3) is 0 Å². The lowest BCUT2D eigenvalue weighted by molar-refractivity contribution is -0.106. The summed E-state index contributed by atoms with van der Waals surface area (Å²) in [6.45, 7) is 0. The van der Waals surface area contributed by atoms with E-state index in [0.717, 1.165) is 0 Å². The lowest BCUT2D eigenvalue weighted by Gasteiger charge is -1.83.